The molecule has 2 aromatic rings. The molecular formula is C22H23F7N2O6S. The highest BCUT2D eigenvalue weighted by molar-refractivity contribution is 7.92. The Morgan fingerprint density at radius 1 is 1.03 bits per heavy atom. The summed E-state index contributed by atoms with van der Waals surface area (Å²) in [5, 5.41) is 11.5. The second-order valence-corrected chi connectivity index (χ2v) is 10.0. The number of amides is 1. The minimum atomic E-state index is -5.08. The van der Waals surface area contributed by atoms with Crippen LogP contribution < -0.4 is 14.8 Å². The average molecular weight is 576 g/mol. The van der Waals surface area contributed by atoms with E-state index in [1.807, 2.05) is 10.0 Å². The molecule has 0 heterocycles. The van der Waals surface area contributed by atoms with E-state index >= 15 is 0 Å². The summed E-state index contributed by atoms with van der Waals surface area (Å²) in [4.78, 5) is 11.6. The molecule has 0 aromatic heterocycles. The second-order valence-electron chi connectivity index (χ2n) is 8.34. The van der Waals surface area contributed by atoms with Crippen LogP contribution >= 0.6 is 0 Å². The molecule has 0 aliphatic heterocycles. The predicted octanol–water partition coefficient (Wildman–Crippen LogP) is 5.60. The molecule has 0 aliphatic rings. The number of rotatable bonds is 9. The maximum Gasteiger partial charge on any atom is 0.427 e. The molecule has 2 rings (SSSR count). The molecular weight excluding hydrogens is 553 g/mol. The Morgan fingerprint density at radius 2 is 1.61 bits per heavy atom. The smallest absolute Gasteiger partial charge is 0.427 e. The quantitative estimate of drug-likeness (QED) is 0.335. The van der Waals surface area contributed by atoms with E-state index in [2.05, 4.69) is 4.74 Å². The lowest BCUT2D eigenvalue weighted by atomic mass is 10.1. The topological polar surface area (TPSA) is 114 Å². The van der Waals surface area contributed by atoms with Crippen LogP contribution in [0.25, 0.3) is 0 Å². The third kappa shape index (κ3) is 7.86. The van der Waals surface area contributed by atoms with Crippen molar-refractivity contribution in [3.8, 4) is 5.75 Å². The van der Waals surface area contributed by atoms with Gasteiger partial charge in [-0.25, -0.2) is 17.6 Å². The molecule has 212 valence electrons. The Hall–Kier alpha value is -3.27. The zero-order valence-corrected chi connectivity index (χ0v) is 20.8. The Bertz CT molecular complexity index is 1230. The SMILES string of the molecule is CCC(Oc1ccc(NC(=O)OC(C)(C)C(F)(F)F)cc1NS(=O)(=O)c1ccc(F)cc1)C(O)C(F)(F)F. The third-order valence-corrected chi connectivity index (χ3v) is 6.37. The van der Waals surface area contributed by atoms with Crippen molar-refractivity contribution in [1.29, 1.82) is 0 Å². The molecule has 0 aliphatic carbocycles. The second kappa shape index (κ2) is 11.2. The van der Waals surface area contributed by atoms with Gasteiger partial charge in [0.15, 0.2) is 6.10 Å². The van der Waals surface area contributed by atoms with E-state index in [9.17, 15) is 49.1 Å². The first kappa shape index (κ1) is 31.0. The van der Waals surface area contributed by atoms with Crippen LogP contribution in [0.5, 0.6) is 5.75 Å². The molecule has 0 saturated heterocycles. The third-order valence-electron chi connectivity index (χ3n) is 4.99. The van der Waals surface area contributed by atoms with Gasteiger partial charge in [0.2, 0.25) is 5.60 Å². The van der Waals surface area contributed by atoms with Gasteiger partial charge in [0.05, 0.1) is 10.6 Å². The van der Waals surface area contributed by atoms with Gasteiger partial charge in [-0.3, -0.25) is 10.0 Å². The summed E-state index contributed by atoms with van der Waals surface area (Å²) in [5.41, 5.74) is -3.79. The highest BCUT2D eigenvalue weighted by Crippen LogP contribution is 2.35. The Kier molecular flexibility index (Phi) is 9.14. The van der Waals surface area contributed by atoms with E-state index < -0.39 is 68.4 Å². The van der Waals surface area contributed by atoms with Gasteiger partial charge in [0.1, 0.15) is 17.7 Å². The van der Waals surface area contributed by atoms with Crippen LogP contribution in [0.2, 0.25) is 0 Å². The highest BCUT2D eigenvalue weighted by atomic mass is 32.2. The lowest BCUT2D eigenvalue weighted by Gasteiger charge is -2.28. The Balaban J connectivity index is 2.45. The van der Waals surface area contributed by atoms with Crippen LogP contribution in [0.1, 0.15) is 27.2 Å². The van der Waals surface area contributed by atoms with Gasteiger partial charge >= 0.3 is 18.4 Å². The van der Waals surface area contributed by atoms with Crippen LogP contribution in [-0.4, -0.2) is 49.8 Å². The number of ether oxygens (including phenoxy) is 2. The summed E-state index contributed by atoms with van der Waals surface area (Å²) >= 11 is 0. The van der Waals surface area contributed by atoms with E-state index in [1.54, 1.807) is 0 Å². The van der Waals surface area contributed by atoms with E-state index in [-0.39, 0.29) is 12.1 Å². The maximum atomic E-state index is 13.2. The van der Waals surface area contributed by atoms with Gasteiger partial charge in [0.25, 0.3) is 10.0 Å². The number of carbonyl (C=O) groups excluding carboxylic acids is 1. The number of nitrogens with one attached hydrogen (secondary N) is 2. The van der Waals surface area contributed by atoms with Crippen molar-refractivity contribution < 1.29 is 58.5 Å². The monoisotopic (exact) mass is 576 g/mol. The van der Waals surface area contributed by atoms with Crippen molar-refractivity contribution in [2.45, 2.75) is 62.2 Å². The van der Waals surface area contributed by atoms with Crippen LogP contribution in [0.4, 0.5) is 46.9 Å². The van der Waals surface area contributed by atoms with E-state index in [4.69, 9.17) is 4.74 Å². The molecule has 0 spiro atoms. The van der Waals surface area contributed by atoms with E-state index in [0.29, 0.717) is 13.8 Å². The standard InChI is InChI=1S/C22H23F7N2O6S/c1-4-16(18(32)21(24,25)26)36-17-10-7-13(30-19(33)37-20(2,3)22(27,28)29)11-15(17)31-38(34,35)14-8-5-12(23)6-9-14/h5-11,16,18,31-32H,4H2,1-3H3,(H,30,33). The number of sulfonamides is 1. The van der Waals surface area contributed by atoms with Crippen LogP contribution in [0, 0.1) is 5.82 Å². The van der Waals surface area contributed by atoms with Gasteiger partial charge in [-0.05, 0) is 62.7 Å². The zero-order chi connectivity index (χ0) is 29.1. The van der Waals surface area contributed by atoms with Crippen molar-refractivity contribution in [1.82, 2.24) is 0 Å². The van der Waals surface area contributed by atoms with Gasteiger partial charge < -0.3 is 14.6 Å². The number of aliphatic hydroxyl groups excluding tert-OH is 1. The van der Waals surface area contributed by atoms with Crippen molar-refractivity contribution in [3.05, 3.63) is 48.3 Å². The first-order chi connectivity index (χ1) is 17.3. The molecule has 38 heavy (non-hydrogen) atoms. The van der Waals surface area contributed by atoms with E-state index in [1.165, 1.54) is 6.92 Å². The number of carbonyl (C=O) groups is 1. The predicted molar refractivity (Wildman–Crippen MR) is 121 cm³/mol. The zero-order valence-electron chi connectivity index (χ0n) is 19.9. The van der Waals surface area contributed by atoms with Crippen LogP contribution in [-0.2, 0) is 14.8 Å². The lowest BCUT2D eigenvalue weighted by Crippen LogP contribution is -2.44. The molecule has 2 unspecified atom stereocenters. The number of halogens is 7. The fraction of sp³-hybridized carbons (Fsp3) is 0.409. The fourth-order valence-corrected chi connectivity index (χ4v) is 3.85. The maximum absolute atomic E-state index is 13.2. The van der Waals surface area contributed by atoms with Crippen LogP contribution in [0.15, 0.2) is 47.4 Å². The summed E-state index contributed by atoms with van der Waals surface area (Å²) in [6, 6.07) is 6.17. The van der Waals surface area contributed by atoms with E-state index in [0.717, 1.165) is 42.5 Å². The fourth-order valence-electron chi connectivity index (χ4n) is 2.79. The van der Waals surface area contributed by atoms with Crippen molar-refractivity contribution in [3.63, 3.8) is 0 Å². The molecule has 8 nitrogen and oxygen atoms in total. The summed E-state index contributed by atoms with van der Waals surface area (Å²) < 4.78 is 128. The minimum Gasteiger partial charge on any atom is -0.485 e. The molecule has 0 saturated carbocycles. The number of hydrogen-bond acceptors (Lipinski definition) is 6. The molecule has 2 aromatic carbocycles. The number of alkyl halides is 6. The Labute approximate surface area is 212 Å². The van der Waals surface area contributed by atoms with Crippen LogP contribution in [0.3, 0.4) is 0 Å². The minimum absolute atomic E-state index is 0.332. The lowest BCUT2D eigenvalue weighted by molar-refractivity contribution is -0.242. The van der Waals surface area contributed by atoms with Crippen molar-refractivity contribution >= 4 is 27.5 Å². The van der Waals surface area contributed by atoms with Gasteiger partial charge in [-0.15, -0.1) is 0 Å². The highest BCUT2D eigenvalue weighted by Gasteiger charge is 2.51. The summed E-state index contributed by atoms with van der Waals surface area (Å²) in [6.07, 6.45) is -16.8. The average Bonchev–Trinajstić information content (AvgIpc) is 2.76. The molecule has 3 N–H and O–H groups in total. The number of hydrogen-bond donors (Lipinski definition) is 3. The Morgan fingerprint density at radius 3 is 2.11 bits per heavy atom. The number of benzene rings is 2. The largest absolute Gasteiger partial charge is 0.485 e. The summed E-state index contributed by atoms with van der Waals surface area (Å²) in [5.74, 6) is -1.29. The summed E-state index contributed by atoms with van der Waals surface area (Å²) in [6.45, 7) is 2.43. The first-order valence-electron chi connectivity index (χ1n) is 10.7. The molecule has 0 radical (unpaired) electrons. The molecule has 1 amide bonds. The normalized spacial score (nSPS) is 14.4. The van der Waals surface area contributed by atoms with Gasteiger partial charge in [0, 0.05) is 5.69 Å². The molecule has 0 fully saturated rings. The molecule has 0 bridgehead atoms. The van der Waals surface area contributed by atoms with Crippen molar-refractivity contribution in [2.24, 2.45) is 0 Å². The first-order valence-corrected chi connectivity index (χ1v) is 12.2. The van der Waals surface area contributed by atoms with Gasteiger partial charge in [-0.2, -0.15) is 26.3 Å². The molecule has 16 heteroatoms. The number of aliphatic hydroxyl groups is 1. The number of anilines is 2. The van der Waals surface area contributed by atoms with Crippen molar-refractivity contribution in [2.75, 3.05) is 10.0 Å². The summed E-state index contributed by atoms with van der Waals surface area (Å²) in [7, 11) is -4.51. The molecule has 2 atom stereocenters. The van der Waals surface area contributed by atoms with Gasteiger partial charge in [-0.1, -0.05) is 6.92 Å².